The van der Waals surface area contributed by atoms with E-state index in [0.717, 1.165) is 37.1 Å². The Kier molecular flexibility index (Phi) is 7.86. The van der Waals surface area contributed by atoms with Crippen LogP contribution in [0.15, 0.2) is 53.4 Å². The van der Waals surface area contributed by atoms with Gasteiger partial charge in [-0.25, -0.2) is 13.1 Å². The first-order valence-electron chi connectivity index (χ1n) is 11.0. The van der Waals surface area contributed by atoms with Crippen molar-refractivity contribution in [2.75, 3.05) is 25.0 Å². The minimum atomic E-state index is -3.52. The standard InChI is InChI=1S/C24H33N3O3S/c1-4-20-9-11-22(12-10-20)26-24(28)19(3)27-15-5-6-21(17-27)16-25-31(29,30)23-13-7-18(2)8-14-23/h7-14,19,21,25H,4-6,15-17H2,1-3H3,(H,26,28). The van der Waals surface area contributed by atoms with E-state index < -0.39 is 10.0 Å². The summed E-state index contributed by atoms with van der Waals surface area (Å²) in [5, 5.41) is 3.00. The Bertz CT molecular complexity index is 972. The summed E-state index contributed by atoms with van der Waals surface area (Å²) in [5.74, 6) is 0.137. The molecule has 1 amide bonds. The largest absolute Gasteiger partial charge is 0.325 e. The Morgan fingerprint density at radius 2 is 1.81 bits per heavy atom. The van der Waals surface area contributed by atoms with Gasteiger partial charge in [0.05, 0.1) is 10.9 Å². The normalized spacial score (nSPS) is 18.5. The van der Waals surface area contributed by atoms with Crippen LogP contribution in [0.5, 0.6) is 0 Å². The molecule has 0 aliphatic carbocycles. The summed E-state index contributed by atoms with van der Waals surface area (Å²) in [6.07, 6.45) is 2.85. The van der Waals surface area contributed by atoms with Crippen LogP contribution in [-0.2, 0) is 21.2 Å². The molecule has 0 radical (unpaired) electrons. The van der Waals surface area contributed by atoms with Crippen LogP contribution in [0.1, 0.15) is 37.8 Å². The molecule has 2 aromatic rings. The average molecular weight is 444 g/mol. The number of rotatable bonds is 8. The SMILES string of the molecule is CCc1ccc(NC(=O)C(C)N2CCCC(CNS(=O)(=O)c3ccc(C)cc3)C2)cc1. The van der Waals surface area contributed by atoms with Gasteiger partial charge in [0.25, 0.3) is 0 Å². The zero-order valence-corrected chi connectivity index (χ0v) is 19.4. The van der Waals surface area contributed by atoms with E-state index in [2.05, 4.69) is 21.9 Å². The van der Waals surface area contributed by atoms with Gasteiger partial charge in [-0.05, 0) is 75.4 Å². The molecule has 31 heavy (non-hydrogen) atoms. The highest BCUT2D eigenvalue weighted by molar-refractivity contribution is 7.89. The predicted molar refractivity (Wildman–Crippen MR) is 125 cm³/mol. The third-order valence-electron chi connectivity index (χ3n) is 6.00. The van der Waals surface area contributed by atoms with Crippen LogP contribution in [0.4, 0.5) is 5.69 Å². The first kappa shape index (κ1) is 23.4. The van der Waals surface area contributed by atoms with E-state index in [4.69, 9.17) is 0 Å². The Morgan fingerprint density at radius 1 is 1.13 bits per heavy atom. The van der Waals surface area contributed by atoms with Gasteiger partial charge in [-0.3, -0.25) is 9.69 Å². The number of piperidine rings is 1. The summed E-state index contributed by atoms with van der Waals surface area (Å²) in [4.78, 5) is 15.2. The van der Waals surface area contributed by atoms with E-state index in [-0.39, 0.29) is 22.8 Å². The number of sulfonamides is 1. The fourth-order valence-electron chi connectivity index (χ4n) is 3.88. The highest BCUT2D eigenvalue weighted by Crippen LogP contribution is 2.20. The van der Waals surface area contributed by atoms with Crippen LogP contribution < -0.4 is 10.0 Å². The molecule has 6 nitrogen and oxygen atoms in total. The first-order valence-corrected chi connectivity index (χ1v) is 12.5. The topological polar surface area (TPSA) is 78.5 Å². The molecule has 3 rings (SSSR count). The molecule has 1 aliphatic rings. The van der Waals surface area contributed by atoms with Gasteiger partial charge in [-0.1, -0.05) is 36.8 Å². The molecule has 0 saturated carbocycles. The summed E-state index contributed by atoms with van der Waals surface area (Å²) < 4.78 is 27.9. The average Bonchev–Trinajstić information content (AvgIpc) is 2.78. The Labute approximate surface area is 186 Å². The molecule has 2 atom stereocenters. The lowest BCUT2D eigenvalue weighted by molar-refractivity contribution is -0.121. The van der Waals surface area contributed by atoms with Gasteiger partial charge < -0.3 is 5.32 Å². The summed E-state index contributed by atoms with van der Waals surface area (Å²) in [6, 6.07) is 14.5. The maximum Gasteiger partial charge on any atom is 0.241 e. The van der Waals surface area contributed by atoms with Crippen LogP contribution in [-0.4, -0.2) is 44.9 Å². The van der Waals surface area contributed by atoms with Gasteiger partial charge >= 0.3 is 0 Å². The molecule has 2 N–H and O–H groups in total. The number of carbonyl (C=O) groups is 1. The molecule has 1 saturated heterocycles. The summed E-state index contributed by atoms with van der Waals surface area (Å²) >= 11 is 0. The number of aryl methyl sites for hydroxylation is 2. The monoisotopic (exact) mass is 443 g/mol. The third-order valence-corrected chi connectivity index (χ3v) is 7.44. The van der Waals surface area contributed by atoms with E-state index in [0.29, 0.717) is 13.1 Å². The Hall–Kier alpha value is -2.22. The lowest BCUT2D eigenvalue weighted by Gasteiger charge is -2.36. The molecule has 168 valence electrons. The Morgan fingerprint density at radius 3 is 2.45 bits per heavy atom. The van der Waals surface area contributed by atoms with Crippen LogP contribution in [0.3, 0.4) is 0 Å². The van der Waals surface area contributed by atoms with Crippen molar-refractivity contribution in [1.82, 2.24) is 9.62 Å². The number of nitrogens with zero attached hydrogens (tertiary/aromatic N) is 1. The molecular formula is C24H33N3O3S. The van der Waals surface area contributed by atoms with Crippen molar-refractivity contribution in [2.45, 2.75) is 51.0 Å². The maximum atomic E-state index is 12.7. The molecule has 2 unspecified atom stereocenters. The highest BCUT2D eigenvalue weighted by Gasteiger charge is 2.28. The second kappa shape index (κ2) is 10.4. The van der Waals surface area contributed by atoms with Crippen LogP contribution in [0.2, 0.25) is 0 Å². The number of hydrogen-bond donors (Lipinski definition) is 2. The molecule has 0 spiro atoms. The van der Waals surface area contributed by atoms with Crippen molar-refractivity contribution in [1.29, 1.82) is 0 Å². The van der Waals surface area contributed by atoms with Crippen molar-refractivity contribution in [3.8, 4) is 0 Å². The van der Waals surface area contributed by atoms with Crippen LogP contribution in [0, 0.1) is 12.8 Å². The zero-order chi connectivity index (χ0) is 22.4. The van der Waals surface area contributed by atoms with Crippen molar-refractivity contribution in [3.63, 3.8) is 0 Å². The van der Waals surface area contributed by atoms with Crippen molar-refractivity contribution < 1.29 is 13.2 Å². The minimum Gasteiger partial charge on any atom is -0.325 e. The predicted octanol–water partition coefficient (Wildman–Crippen LogP) is 3.57. The Balaban J connectivity index is 1.54. The molecule has 1 aliphatic heterocycles. The molecular weight excluding hydrogens is 410 g/mol. The third kappa shape index (κ3) is 6.38. The summed E-state index contributed by atoms with van der Waals surface area (Å²) in [7, 11) is -3.52. The smallest absolute Gasteiger partial charge is 0.241 e. The lowest BCUT2D eigenvalue weighted by atomic mass is 9.97. The fourth-order valence-corrected chi connectivity index (χ4v) is 5.00. The van der Waals surface area contributed by atoms with Crippen LogP contribution in [0.25, 0.3) is 0 Å². The van der Waals surface area contributed by atoms with Crippen LogP contribution >= 0.6 is 0 Å². The summed E-state index contributed by atoms with van der Waals surface area (Å²) in [6.45, 7) is 7.85. The van der Waals surface area contributed by atoms with E-state index >= 15 is 0 Å². The van der Waals surface area contributed by atoms with Gasteiger partial charge in [0.1, 0.15) is 0 Å². The first-order chi connectivity index (χ1) is 14.8. The molecule has 0 aromatic heterocycles. The highest BCUT2D eigenvalue weighted by atomic mass is 32.2. The number of carbonyl (C=O) groups excluding carboxylic acids is 1. The van der Waals surface area contributed by atoms with E-state index in [1.54, 1.807) is 24.3 Å². The number of likely N-dealkylation sites (tertiary alicyclic amines) is 1. The quantitative estimate of drug-likeness (QED) is 0.654. The summed E-state index contributed by atoms with van der Waals surface area (Å²) in [5.41, 5.74) is 3.06. The van der Waals surface area contributed by atoms with Crippen molar-refractivity contribution >= 4 is 21.6 Å². The van der Waals surface area contributed by atoms with Gasteiger partial charge in [-0.15, -0.1) is 0 Å². The number of hydrogen-bond acceptors (Lipinski definition) is 4. The van der Waals surface area contributed by atoms with E-state index in [1.165, 1.54) is 5.56 Å². The number of anilines is 1. The van der Waals surface area contributed by atoms with Crippen molar-refractivity contribution in [2.24, 2.45) is 5.92 Å². The number of amides is 1. The molecule has 1 fully saturated rings. The molecule has 1 heterocycles. The minimum absolute atomic E-state index is 0.0369. The van der Waals surface area contributed by atoms with Gasteiger partial charge in [0.2, 0.25) is 15.9 Å². The van der Waals surface area contributed by atoms with E-state index in [1.807, 2.05) is 38.1 Å². The molecule has 2 aromatic carbocycles. The number of nitrogens with one attached hydrogen (secondary N) is 2. The molecule has 7 heteroatoms. The second-order valence-electron chi connectivity index (χ2n) is 8.38. The lowest BCUT2D eigenvalue weighted by Crippen LogP contribution is -2.48. The van der Waals surface area contributed by atoms with E-state index in [9.17, 15) is 13.2 Å². The zero-order valence-electron chi connectivity index (χ0n) is 18.6. The second-order valence-corrected chi connectivity index (χ2v) is 10.2. The number of benzene rings is 2. The van der Waals surface area contributed by atoms with Gasteiger partial charge in [0, 0.05) is 18.8 Å². The fraction of sp³-hybridized carbons (Fsp3) is 0.458. The van der Waals surface area contributed by atoms with Crippen molar-refractivity contribution in [3.05, 3.63) is 59.7 Å². The van der Waals surface area contributed by atoms with Gasteiger partial charge in [-0.2, -0.15) is 0 Å². The molecule has 0 bridgehead atoms. The van der Waals surface area contributed by atoms with Gasteiger partial charge in [0.15, 0.2) is 0 Å². The maximum absolute atomic E-state index is 12.7.